The zero-order valence-corrected chi connectivity index (χ0v) is 16.9. The lowest BCUT2D eigenvalue weighted by Crippen LogP contribution is -2.34. The van der Waals surface area contributed by atoms with Crippen molar-refractivity contribution in [1.29, 1.82) is 0 Å². The van der Waals surface area contributed by atoms with Gasteiger partial charge in [-0.05, 0) is 24.3 Å². The van der Waals surface area contributed by atoms with Gasteiger partial charge in [-0.25, -0.2) is 9.97 Å². The normalized spacial score (nSPS) is 13.6. The summed E-state index contributed by atoms with van der Waals surface area (Å²) in [6.45, 7) is 0.621. The molecule has 162 valence electrons. The maximum atomic E-state index is 13.1. The third-order valence-electron chi connectivity index (χ3n) is 5.27. The Morgan fingerprint density at radius 2 is 1.19 bits per heavy atom. The third-order valence-corrected chi connectivity index (χ3v) is 5.27. The first-order chi connectivity index (χ1) is 15.5. The van der Waals surface area contributed by atoms with E-state index in [9.17, 15) is 9.59 Å². The van der Waals surface area contributed by atoms with Gasteiger partial charge in [-0.1, -0.05) is 0 Å². The van der Waals surface area contributed by atoms with Gasteiger partial charge >= 0.3 is 0 Å². The molecular weight excluding hydrogens is 412 g/mol. The van der Waals surface area contributed by atoms with Crippen molar-refractivity contribution in [2.75, 3.05) is 0 Å². The minimum atomic E-state index is -0.656. The van der Waals surface area contributed by atoms with Crippen LogP contribution >= 0.6 is 0 Å². The van der Waals surface area contributed by atoms with Crippen LogP contribution in [0.25, 0.3) is 21.8 Å². The molecule has 4 N–H and O–H groups in total. The van der Waals surface area contributed by atoms with Crippen LogP contribution in [0.2, 0.25) is 0 Å². The van der Waals surface area contributed by atoms with Gasteiger partial charge in [-0.3, -0.25) is 28.1 Å². The van der Waals surface area contributed by atoms with Crippen molar-refractivity contribution in [2.24, 2.45) is 11.5 Å². The van der Waals surface area contributed by atoms with Crippen LogP contribution in [0.4, 0.5) is 0 Å². The second-order valence-corrected chi connectivity index (χ2v) is 7.39. The Kier molecular flexibility index (Phi) is 4.84. The van der Waals surface area contributed by atoms with Crippen LogP contribution in [0.1, 0.15) is 12.3 Å². The molecule has 0 radical (unpaired) electrons. The van der Waals surface area contributed by atoms with E-state index in [1.165, 1.54) is 21.8 Å². The Morgan fingerprint density at radius 1 is 0.750 bits per heavy atom. The predicted molar refractivity (Wildman–Crippen MR) is 116 cm³/mol. The van der Waals surface area contributed by atoms with Crippen molar-refractivity contribution in [3.63, 3.8) is 0 Å². The van der Waals surface area contributed by atoms with E-state index in [-0.39, 0.29) is 11.1 Å². The molecule has 0 fully saturated rings. The lowest BCUT2D eigenvalue weighted by atomic mass is 10.1. The molecule has 5 rings (SSSR count). The molecule has 0 unspecified atom stereocenters. The van der Waals surface area contributed by atoms with Crippen LogP contribution in [0.3, 0.4) is 0 Å². The number of hydrogen-bond acceptors (Lipinski definition) is 8. The summed E-state index contributed by atoms with van der Waals surface area (Å²) >= 11 is 0. The van der Waals surface area contributed by atoms with E-state index in [4.69, 9.17) is 11.5 Å². The molecule has 0 aliphatic carbocycles. The number of hydrogen-bond donors (Lipinski definition) is 2. The van der Waals surface area contributed by atoms with E-state index in [1.54, 1.807) is 58.4 Å². The number of aromatic nitrogens is 8. The zero-order chi connectivity index (χ0) is 22.2. The van der Waals surface area contributed by atoms with Crippen LogP contribution in [0.5, 0.6) is 0 Å². The van der Waals surface area contributed by atoms with Crippen molar-refractivity contribution in [2.45, 2.75) is 25.4 Å². The monoisotopic (exact) mass is 432 g/mol. The van der Waals surface area contributed by atoms with Gasteiger partial charge < -0.3 is 11.5 Å². The molecule has 32 heavy (non-hydrogen) atoms. The molecule has 1 aromatic carbocycles. The Balaban J connectivity index is 1.54. The topological polar surface area (TPSA) is 157 Å². The fourth-order valence-corrected chi connectivity index (χ4v) is 3.61. The molecule has 0 bridgehead atoms. The molecule has 5 aromatic rings. The lowest BCUT2D eigenvalue weighted by molar-refractivity contribution is 0.408. The minimum Gasteiger partial charge on any atom is -0.309 e. The fraction of sp³-hybridized carbons (Fsp3) is 0.200. The van der Waals surface area contributed by atoms with Crippen LogP contribution < -0.4 is 22.6 Å². The highest BCUT2D eigenvalue weighted by Gasteiger charge is 2.16. The quantitative estimate of drug-likeness (QED) is 0.350. The van der Waals surface area contributed by atoms with Gasteiger partial charge in [0.2, 0.25) is 0 Å². The number of fused-ring (bicyclic) bond motifs is 2. The fourth-order valence-electron chi connectivity index (χ4n) is 3.61. The van der Waals surface area contributed by atoms with Gasteiger partial charge in [0.15, 0.2) is 0 Å². The van der Waals surface area contributed by atoms with E-state index >= 15 is 0 Å². The molecule has 0 amide bonds. The average molecular weight is 432 g/mol. The highest BCUT2D eigenvalue weighted by Crippen LogP contribution is 2.16. The van der Waals surface area contributed by atoms with Crippen molar-refractivity contribution in [3.05, 3.63) is 82.4 Å². The highest BCUT2D eigenvalue weighted by molar-refractivity contribution is 5.93. The van der Waals surface area contributed by atoms with Crippen LogP contribution in [0, 0.1) is 0 Å². The second kappa shape index (κ2) is 7.83. The number of nitrogens with zero attached hydrogens (tertiary/aromatic N) is 8. The second-order valence-electron chi connectivity index (χ2n) is 7.39. The molecule has 4 aromatic heterocycles. The van der Waals surface area contributed by atoms with E-state index in [1.807, 2.05) is 0 Å². The summed E-state index contributed by atoms with van der Waals surface area (Å²) in [7, 11) is 0. The maximum absolute atomic E-state index is 13.1. The zero-order valence-electron chi connectivity index (χ0n) is 16.9. The largest absolute Gasteiger partial charge is 0.309 e. The van der Waals surface area contributed by atoms with Crippen LogP contribution in [-0.2, 0) is 13.1 Å². The smallest absolute Gasteiger partial charge is 0.262 e. The Morgan fingerprint density at radius 3 is 1.56 bits per heavy atom. The van der Waals surface area contributed by atoms with Crippen molar-refractivity contribution in [3.8, 4) is 0 Å². The molecule has 12 nitrogen and oxygen atoms in total. The Labute approximate surface area is 180 Å². The Hall–Kier alpha value is -4.16. The van der Waals surface area contributed by atoms with Crippen molar-refractivity contribution < 1.29 is 0 Å². The molecule has 12 heteroatoms. The van der Waals surface area contributed by atoms with Gasteiger partial charge in [0.1, 0.15) is 12.3 Å². The van der Waals surface area contributed by atoms with E-state index in [0.717, 1.165) is 0 Å². The minimum absolute atomic E-state index is 0.310. The molecule has 4 heterocycles. The molecular formula is C20H20N10O2. The van der Waals surface area contributed by atoms with Gasteiger partial charge in [0.05, 0.1) is 47.6 Å². The highest BCUT2D eigenvalue weighted by atomic mass is 16.1. The maximum Gasteiger partial charge on any atom is 0.262 e. The van der Waals surface area contributed by atoms with Gasteiger partial charge in [0.25, 0.3) is 11.1 Å². The third kappa shape index (κ3) is 3.46. The average Bonchev–Trinajstić information content (AvgIpc) is 3.48. The predicted octanol–water partition coefficient (Wildman–Crippen LogP) is -0.186. The first-order valence-corrected chi connectivity index (χ1v) is 9.89. The van der Waals surface area contributed by atoms with E-state index in [2.05, 4.69) is 20.2 Å². The standard InChI is InChI=1S/C20H20N10O2/c21-17(9-27-5-1-3-25-27)29-11-23-15-8-14-16(7-13(15)19(29)31)24-12-30(20(14)32)18(22)10-28-6-2-4-26-28/h1-8,11-12,17-18H,9-10,21-22H2/t17-,18-/m0/s1. The van der Waals surface area contributed by atoms with Gasteiger partial charge in [-0.15, -0.1) is 0 Å². The van der Waals surface area contributed by atoms with Crippen LogP contribution in [-0.4, -0.2) is 38.7 Å². The lowest BCUT2D eigenvalue weighted by Gasteiger charge is -2.16. The van der Waals surface area contributed by atoms with E-state index < -0.39 is 12.3 Å². The summed E-state index contributed by atoms with van der Waals surface area (Å²) < 4.78 is 5.96. The summed E-state index contributed by atoms with van der Waals surface area (Å²) in [5, 5.41) is 8.86. The summed E-state index contributed by atoms with van der Waals surface area (Å²) in [6.07, 6.45) is 8.25. The SMILES string of the molecule is N[C@H](Cn1cccn1)n1cnc2cc3c(=O)n([C@H](N)Cn4cccn4)cnc3cc2c1=O. The number of rotatable bonds is 6. The van der Waals surface area contributed by atoms with Gasteiger partial charge in [-0.2, -0.15) is 10.2 Å². The molecule has 2 atom stereocenters. The first-order valence-electron chi connectivity index (χ1n) is 9.89. The first kappa shape index (κ1) is 19.8. The Bertz CT molecular complexity index is 1390. The summed E-state index contributed by atoms with van der Waals surface area (Å²) in [4.78, 5) is 34.8. The van der Waals surface area contributed by atoms with Crippen molar-refractivity contribution in [1.82, 2.24) is 38.7 Å². The summed E-state index contributed by atoms with van der Waals surface area (Å²) in [6, 6.07) is 6.67. The molecule has 0 aliphatic rings. The summed E-state index contributed by atoms with van der Waals surface area (Å²) in [5.74, 6) is 0. The molecule has 0 spiro atoms. The number of nitrogens with two attached hydrogens (primary N) is 2. The molecule has 0 aliphatic heterocycles. The van der Waals surface area contributed by atoms with E-state index in [0.29, 0.717) is 34.9 Å². The van der Waals surface area contributed by atoms with Crippen LogP contribution in [0.15, 0.2) is 71.3 Å². The summed E-state index contributed by atoms with van der Waals surface area (Å²) in [5.41, 5.74) is 12.5. The van der Waals surface area contributed by atoms with Crippen molar-refractivity contribution >= 4 is 21.8 Å². The molecule has 0 saturated carbocycles. The molecule has 0 saturated heterocycles. The number of benzene rings is 1. The van der Waals surface area contributed by atoms with Gasteiger partial charge in [0, 0.05) is 24.8 Å².